The largest absolute Gasteiger partial charge is 0.495 e. The molecule has 1 atom stereocenters. The van der Waals surface area contributed by atoms with E-state index in [0.29, 0.717) is 6.04 Å². The molecule has 2 rings (SSSR count). The molecule has 1 unspecified atom stereocenters. The Morgan fingerprint density at radius 1 is 1.15 bits per heavy atom. The van der Waals surface area contributed by atoms with Gasteiger partial charge in [0.2, 0.25) is 0 Å². The van der Waals surface area contributed by atoms with E-state index in [-0.39, 0.29) is 0 Å². The molecule has 2 aromatic carbocycles. The van der Waals surface area contributed by atoms with E-state index in [1.165, 1.54) is 11.1 Å². The van der Waals surface area contributed by atoms with Crippen LogP contribution in [0.15, 0.2) is 46.9 Å². The molecule has 0 bridgehead atoms. The molecule has 0 aromatic heterocycles. The maximum atomic E-state index is 5.42. The second kappa shape index (κ2) is 6.80. The molecule has 0 saturated carbocycles. The van der Waals surface area contributed by atoms with Gasteiger partial charge < -0.3 is 10.1 Å². The summed E-state index contributed by atoms with van der Waals surface area (Å²) >= 11 is 3.46. The van der Waals surface area contributed by atoms with Gasteiger partial charge in [0.05, 0.1) is 12.8 Å². The van der Waals surface area contributed by atoms with Crippen molar-refractivity contribution in [2.45, 2.75) is 26.3 Å². The number of nitrogens with one attached hydrogen (secondary N) is 1. The van der Waals surface area contributed by atoms with Gasteiger partial charge in [0.15, 0.2) is 0 Å². The van der Waals surface area contributed by atoms with Crippen LogP contribution in [0, 0.1) is 6.92 Å². The van der Waals surface area contributed by atoms with E-state index in [4.69, 9.17) is 4.74 Å². The first-order valence-corrected chi connectivity index (χ1v) is 7.53. The zero-order valence-corrected chi connectivity index (χ0v) is 13.7. The molecule has 2 aromatic rings. The molecule has 0 spiro atoms. The zero-order valence-electron chi connectivity index (χ0n) is 12.1. The van der Waals surface area contributed by atoms with Gasteiger partial charge in [0, 0.05) is 10.5 Å². The number of halogens is 1. The lowest BCUT2D eigenvalue weighted by Crippen LogP contribution is -2.18. The van der Waals surface area contributed by atoms with Crippen molar-refractivity contribution >= 4 is 21.6 Å². The summed E-state index contributed by atoms with van der Waals surface area (Å²) in [6, 6.07) is 15.0. The van der Waals surface area contributed by atoms with Gasteiger partial charge in [-0.25, -0.2) is 0 Å². The van der Waals surface area contributed by atoms with Crippen LogP contribution in [0.4, 0.5) is 5.69 Å². The predicted molar refractivity (Wildman–Crippen MR) is 88.7 cm³/mol. The Bertz CT molecular complexity index is 566. The van der Waals surface area contributed by atoms with Gasteiger partial charge in [0.25, 0.3) is 0 Å². The first kappa shape index (κ1) is 14.9. The van der Waals surface area contributed by atoms with Crippen LogP contribution in [0.5, 0.6) is 5.75 Å². The summed E-state index contributed by atoms with van der Waals surface area (Å²) in [7, 11) is 1.71. The second-order valence-electron chi connectivity index (χ2n) is 5.08. The van der Waals surface area contributed by atoms with Crippen LogP contribution in [0.1, 0.15) is 18.1 Å². The fraction of sp³-hybridized carbons (Fsp3) is 0.294. The average Bonchev–Trinajstić information content (AvgIpc) is 2.43. The van der Waals surface area contributed by atoms with Gasteiger partial charge in [-0.3, -0.25) is 0 Å². The molecule has 2 nitrogen and oxygen atoms in total. The van der Waals surface area contributed by atoms with Crippen LogP contribution in [0.25, 0.3) is 0 Å². The second-order valence-corrected chi connectivity index (χ2v) is 6.00. The minimum absolute atomic E-state index is 0.341. The van der Waals surface area contributed by atoms with Crippen molar-refractivity contribution in [3.8, 4) is 5.75 Å². The highest BCUT2D eigenvalue weighted by atomic mass is 79.9. The number of aryl methyl sites for hydroxylation is 1. The fourth-order valence-corrected chi connectivity index (χ4v) is 2.47. The highest BCUT2D eigenvalue weighted by Crippen LogP contribution is 2.26. The average molecular weight is 334 g/mol. The monoisotopic (exact) mass is 333 g/mol. The number of anilines is 1. The first-order valence-electron chi connectivity index (χ1n) is 6.74. The quantitative estimate of drug-likeness (QED) is 0.847. The van der Waals surface area contributed by atoms with Crippen LogP contribution < -0.4 is 10.1 Å². The molecule has 0 saturated heterocycles. The normalized spacial score (nSPS) is 12.0. The summed E-state index contributed by atoms with van der Waals surface area (Å²) in [6.45, 7) is 4.25. The lowest BCUT2D eigenvalue weighted by molar-refractivity contribution is 0.415. The fourth-order valence-electron chi connectivity index (χ4n) is 2.21. The standard InChI is InChI=1S/C17H20BrNO/c1-12-4-9-16(17(10-12)20-3)19-13(2)11-14-5-7-15(18)8-6-14/h4-10,13,19H,11H2,1-3H3. The van der Waals surface area contributed by atoms with Gasteiger partial charge in [-0.05, 0) is 55.7 Å². The molecule has 0 heterocycles. The third-order valence-corrected chi connectivity index (χ3v) is 3.74. The van der Waals surface area contributed by atoms with E-state index in [1.54, 1.807) is 7.11 Å². The summed E-state index contributed by atoms with van der Waals surface area (Å²) in [5.41, 5.74) is 3.56. The highest BCUT2D eigenvalue weighted by molar-refractivity contribution is 9.10. The minimum Gasteiger partial charge on any atom is -0.495 e. The smallest absolute Gasteiger partial charge is 0.142 e. The Hall–Kier alpha value is -1.48. The molecule has 0 fully saturated rings. The number of benzene rings is 2. The van der Waals surface area contributed by atoms with Crippen molar-refractivity contribution in [1.29, 1.82) is 0 Å². The molecular formula is C17H20BrNO. The van der Waals surface area contributed by atoms with E-state index in [1.807, 2.05) is 0 Å². The molecule has 0 amide bonds. The molecule has 3 heteroatoms. The van der Waals surface area contributed by atoms with E-state index in [0.717, 1.165) is 22.3 Å². The van der Waals surface area contributed by atoms with Crippen molar-refractivity contribution in [1.82, 2.24) is 0 Å². The highest BCUT2D eigenvalue weighted by Gasteiger charge is 2.08. The zero-order chi connectivity index (χ0) is 14.5. The van der Waals surface area contributed by atoms with E-state index < -0.39 is 0 Å². The number of rotatable bonds is 5. The van der Waals surface area contributed by atoms with Crippen LogP contribution >= 0.6 is 15.9 Å². The topological polar surface area (TPSA) is 21.3 Å². The Morgan fingerprint density at radius 2 is 1.85 bits per heavy atom. The first-order chi connectivity index (χ1) is 9.58. The summed E-state index contributed by atoms with van der Waals surface area (Å²) < 4.78 is 6.54. The Kier molecular flexibility index (Phi) is 5.07. The van der Waals surface area contributed by atoms with Gasteiger partial charge in [-0.2, -0.15) is 0 Å². The Labute approximate surface area is 129 Å². The molecule has 1 N–H and O–H groups in total. The number of ether oxygens (including phenoxy) is 1. The minimum atomic E-state index is 0.341. The van der Waals surface area contributed by atoms with Crippen LogP contribution in [-0.4, -0.2) is 13.2 Å². The molecule has 106 valence electrons. The summed E-state index contributed by atoms with van der Waals surface area (Å²) in [5, 5.41) is 3.51. The number of hydrogen-bond acceptors (Lipinski definition) is 2. The van der Waals surface area contributed by atoms with Gasteiger partial charge >= 0.3 is 0 Å². The molecule has 20 heavy (non-hydrogen) atoms. The summed E-state index contributed by atoms with van der Waals surface area (Å²) in [4.78, 5) is 0. The Morgan fingerprint density at radius 3 is 2.50 bits per heavy atom. The lowest BCUT2D eigenvalue weighted by atomic mass is 10.1. The van der Waals surface area contributed by atoms with E-state index in [2.05, 4.69) is 77.6 Å². The predicted octanol–water partition coefficient (Wildman–Crippen LogP) is 4.81. The van der Waals surface area contributed by atoms with E-state index >= 15 is 0 Å². The van der Waals surface area contributed by atoms with Gasteiger partial charge in [-0.1, -0.05) is 34.1 Å². The molecular weight excluding hydrogens is 314 g/mol. The number of hydrogen-bond donors (Lipinski definition) is 1. The van der Waals surface area contributed by atoms with Crippen LogP contribution in [-0.2, 0) is 6.42 Å². The third kappa shape index (κ3) is 4.01. The van der Waals surface area contributed by atoms with Crippen LogP contribution in [0.2, 0.25) is 0 Å². The lowest BCUT2D eigenvalue weighted by Gasteiger charge is -2.18. The third-order valence-electron chi connectivity index (χ3n) is 3.21. The maximum Gasteiger partial charge on any atom is 0.142 e. The van der Waals surface area contributed by atoms with Crippen molar-refractivity contribution in [2.24, 2.45) is 0 Å². The molecule has 0 aliphatic rings. The van der Waals surface area contributed by atoms with Crippen molar-refractivity contribution < 1.29 is 4.74 Å². The van der Waals surface area contributed by atoms with Crippen molar-refractivity contribution in [3.63, 3.8) is 0 Å². The maximum absolute atomic E-state index is 5.42. The van der Waals surface area contributed by atoms with Gasteiger partial charge in [0.1, 0.15) is 5.75 Å². The number of methoxy groups -OCH3 is 1. The summed E-state index contributed by atoms with van der Waals surface area (Å²) in [6.07, 6.45) is 0.976. The van der Waals surface area contributed by atoms with Gasteiger partial charge in [-0.15, -0.1) is 0 Å². The van der Waals surface area contributed by atoms with Crippen LogP contribution in [0.3, 0.4) is 0 Å². The van der Waals surface area contributed by atoms with Crippen molar-refractivity contribution in [3.05, 3.63) is 58.1 Å². The summed E-state index contributed by atoms with van der Waals surface area (Å²) in [5.74, 6) is 0.896. The molecule has 0 aliphatic heterocycles. The SMILES string of the molecule is COc1cc(C)ccc1NC(C)Cc1ccc(Br)cc1. The van der Waals surface area contributed by atoms with Crippen molar-refractivity contribution in [2.75, 3.05) is 12.4 Å². The Balaban J connectivity index is 2.04. The molecule has 0 radical (unpaired) electrons. The molecule has 0 aliphatic carbocycles. The van der Waals surface area contributed by atoms with E-state index in [9.17, 15) is 0 Å².